The molecule has 0 aromatic heterocycles. The molecule has 0 amide bonds. The number of hydrogen-bond donors (Lipinski definition) is 1. The lowest BCUT2D eigenvalue weighted by Crippen LogP contribution is -2.11. The summed E-state index contributed by atoms with van der Waals surface area (Å²) in [6, 6.07) is 14.1. The SMILES string of the molecule is Cc1cc(NCCOc2cccc(Br)c2)ccc1Br. The van der Waals surface area contributed by atoms with E-state index in [0.29, 0.717) is 6.61 Å². The molecule has 0 heterocycles. The van der Waals surface area contributed by atoms with Crippen molar-refractivity contribution >= 4 is 37.5 Å². The number of rotatable bonds is 5. The average Bonchev–Trinajstić information content (AvgIpc) is 2.39. The van der Waals surface area contributed by atoms with E-state index in [4.69, 9.17) is 4.74 Å². The first-order valence-corrected chi connectivity index (χ1v) is 7.62. The third kappa shape index (κ3) is 4.55. The van der Waals surface area contributed by atoms with Gasteiger partial charge in [0.05, 0.1) is 0 Å². The largest absolute Gasteiger partial charge is 0.492 e. The maximum atomic E-state index is 5.66. The van der Waals surface area contributed by atoms with Crippen molar-refractivity contribution in [2.45, 2.75) is 6.92 Å². The number of aryl methyl sites for hydroxylation is 1. The molecule has 2 aromatic rings. The van der Waals surface area contributed by atoms with E-state index in [9.17, 15) is 0 Å². The summed E-state index contributed by atoms with van der Waals surface area (Å²) >= 11 is 6.91. The van der Waals surface area contributed by atoms with Gasteiger partial charge in [-0.05, 0) is 48.9 Å². The molecule has 1 N–H and O–H groups in total. The first kappa shape index (κ1) is 14.4. The van der Waals surface area contributed by atoms with Gasteiger partial charge in [0.15, 0.2) is 0 Å². The lowest BCUT2D eigenvalue weighted by Gasteiger charge is -2.10. The lowest BCUT2D eigenvalue weighted by atomic mass is 10.2. The zero-order valence-corrected chi connectivity index (χ0v) is 13.8. The van der Waals surface area contributed by atoms with Gasteiger partial charge in [-0.15, -0.1) is 0 Å². The molecular formula is C15H15Br2NO. The average molecular weight is 385 g/mol. The summed E-state index contributed by atoms with van der Waals surface area (Å²) in [5.41, 5.74) is 2.33. The van der Waals surface area contributed by atoms with E-state index in [1.165, 1.54) is 5.56 Å². The fourth-order valence-corrected chi connectivity index (χ4v) is 2.30. The Balaban J connectivity index is 1.79. The minimum absolute atomic E-state index is 0.631. The molecule has 0 unspecified atom stereocenters. The van der Waals surface area contributed by atoms with Crippen molar-refractivity contribution in [3.63, 3.8) is 0 Å². The number of halogens is 2. The first-order valence-electron chi connectivity index (χ1n) is 6.03. The number of nitrogens with one attached hydrogen (secondary N) is 1. The quantitative estimate of drug-likeness (QED) is 0.731. The molecule has 0 spiro atoms. The standard InChI is InChI=1S/C15H15Br2NO/c1-11-9-13(5-6-15(11)17)18-7-8-19-14-4-2-3-12(16)10-14/h2-6,9-10,18H,7-8H2,1H3. The fraction of sp³-hybridized carbons (Fsp3) is 0.200. The van der Waals surface area contributed by atoms with Gasteiger partial charge in [-0.3, -0.25) is 0 Å². The summed E-state index contributed by atoms with van der Waals surface area (Å²) in [6.07, 6.45) is 0. The van der Waals surface area contributed by atoms with E-state index < -0.39 is 0 Å². The molecule has 19 heavy (non-hydrogen) atoms. The normalized spacial score (nSPS) is 10.3. The molecule has 2 aromatic carbocycles. The zero-order valence-electron chi connectivity index (χ0n) is 10.6. The van der Waals surface area contributed by atoms with Crippen molar-refractivity contribution < 1.29 is 4.74 Å². The molecule has 0 saturated carbocycles. The molecule has 0 bridgehead atoms. The van der Waals surface area contributed by atoms with Gasteiger partial charge >= 0.3 is 0 Å². The number of benzene rings is 2. The Morgan fingerprint density at radius 2 is 1.95 bits per heavy atom. The molecule has 4 heteroatoms. The highest BCUT2D eigenvalue weighted by atomic mass is 79.9. The highest BCUT2D eigenvalue weighted by molar-refractivity contribution is 9.10. The van der Waals surface area contributed by atoms with E-state index in [0.717, 1.165) is 26.9 Å². The molecule has 2 nitrogen and oxygen atoms in total. The highest BCUT2D eigenvalue weighted by Gasteiger charge is 1.98. The Morgan fingerprint density at radius 1 is 1.11 bits per heavy atom. The van der Waals surface area contributed by atoms with Gasteiger partial charge < -0.3 is 10.1 Å². The van der Waals surface area contributed by atoms with Crippen LogP contribution in [0.2, 0.25) is 0 Å². The molecule has 2 rings (SSSR count). The van der Waals surface area contributed by atoms with Crippen molar-refractivity contribution in [3.8, 4) is 5.75 Å². The third-order valence-electron chi connectivity index (χ3n) is 2.65. The predicted octanol–water partition coefficient (Wildman–Crippen LogP) is 5.01. The van der Waals surface area contributed by atoms with Crippen LogP contribution in [0, 0.1) is 6.92 Å². The second kappa shape index (κ2) is 6.96. The van der Waals surface area contributed by atoms with Crippen LogP contribution in [0.3, 0.4) is 0 Å². The number of hydrogen-bond acceptors (Lipinski definition) is 2. The van der Waals surface area contributed by atoms with Crippen LogP contribution in [-0.4, -0.2) is 13.2 Å². The van der Waals surface area contributed by atoms with Gasteiger partial charge in [0.1, 0.15) is 12.4 Å². The van der Waals surface area contributed by atoms with Gasteiger partial charge in [0.25, 0.3) is 0 Å². The summed E-state index contributed by atoms with van der Waals surface area (Å²) in [5, 5.41) is 3.34. The Kier molecular flexibility index (Phi) is 5.28. The van der Waals surface area contributed by atoms with Crippen molar-refractivity contribution in [3.05, 3.63) is 57.0 Å². The van der Waals surface area contributed by atoms with Crippen molar-refractivity contribution in [2.75, 3.05) is 18.5 Å². The molecule has 0 saturated heterocycles. The van der Waals surface area contributed by atoms with Gasteiger partial charge in [-0.25, -0.2) is 0 Å². The number of anilines is 1. The van der Waals surface area contributed by atoms with Crippen LogP contribution in [0.25, 0.3) is 0 Å². The van der Waals surface area contributed by atoms with E-state index in [2.05, 4.69) is 56.2 Å². The summed E-state index contributed by atoms with van der Waals surface area (Å²) < 4.78 is 7.82. The van der Waals surface area contributed by atoms with Gasteiger partial charge in [-0.2, -0.15) is 0 Å². The van der Waals surface area contributed by atoms with Gasteiger partial charge in [0, 0.05) is 21.2 Å². The summed E-state index contributed by atoms with van der Waals surface area (Å²) in [5.74, 6) is 0.878. The van der Waals surface area contributed by atoms with E-state index in [1.54, 1.807) is 0 Å². The van der Waals surface area contributed by atoms with Crippen molar-refractivity contribution in [1.82, 2.24) is 0 Å². The molecule has 100 valence electrons. The second-order valence-corrected chi connectivity index (χ2v) is 5.97. The van der Waals surface area contributed by atoms with Crippen LogP contribution >= 0.6 is 31.9 Å². The number of ether oxygens (including phenoxy) is 1. The maximum absolute atomic E-state index is 5.66. The van der Waals surface area contributed by atoms with Crippen LogP contribution in [0.5, 0.6) is 5.75 Å². The Bertz CT molecular complexity index is 558. The first-order chi connectivity index (χ1) is 9.15. The lowest BCUT2D eigenvalue weighted by molar-refractivity contribution is 0.332. The summed E-state index contributed by atoms with van der Waals surface area (Å²) in [4.78, 5) is 0. The highest BCUT2D eigenvalue weighted by Crippen LogP contribution is 2.20. The smallest absolute Gasteiger partial charge is 0.120 e. The molecule has 0 fully saturated rings. The summed E-state index contributed by atoms with van der Waals surface area (Å²) in [7, 11) is 0. The minimum atomic E-state index is 0.631. The van der Waals surface area contributed by atoms with E-state index >= 15 is 0 Å². The van der Waals surface area contributed by atoms with Crippen molar-refractivity contribution in [2.24, 2.45) is 0 Å². The maximum Gasteiger partial charge on any atom is 0.120 e. The van der Waals surface area contributed by atoms with Crippen LogP contribution in [0.4, 0.5) is 5.69 Å². The Hall–Kier alpha value is -1.000. The van der Waals surface area contributed by atoms with Gasteiger partial charge in [-0.1, -0.05) is 37.9 Å². The fourth-order valence-electron chi connectivity index (χ4n) is 1.68. The topological polar surface area (TPSA) is 21.3 Å². The van der Waals surface area contributed by atoms with Crippen LogP contribution < -0.4 is 10.1 Å². The minimum Gasteiger partial charge on any atom is -0.492 e. The molecule has 0 aliphatic rings. The monoisotopic (exact) mass is 383 g/mol. The molecule has 0 aliphatic carbocycles. The second-order valence-electron chi connectivity index (χ2n) is 4.20. The van der Waals surface area contributed by atoms with E-state index in [-0.39, 0.29) is 0 Å². The Morgan fingerprint density at radius 3 is 2.68 bits per heavy atom. The Labute approximate surface area is 130 Å². The predicted molar refractivity (Wildman–Crippen MR) is 87.0 cm³/mol. The van der Waals surface area contributed by atoms with Gasteiger partial charge in [0.2, 0.25) is 0 Å². The molecule has 0 atom stereocenters. The molecule has 0 radical (unpaired) electrons. The van der Waals surface area contributed by atoms with Crippen LogP contribution in [0.1, 0.15) is 5.56 Å². The van der Waals surface area contributed by atoms with E-state index in [1.807, 2.05) is 30.3 Å². The van der Waals surface area contributed by atoms with Crippen LogP contribution in [0.15, 0.2) is 51.4 Å². The van der Waals surface area contributed by atoms with Crippen LogP contribution in [-0.2, 0) is 0 Å². The zero-order chi connectivity index (χ0) is 13.7. The molecule has 0 aliphatic heterocycles. The third-order valence-corrected chi connectivity index (χ3v) is 4.04. The van der Waals surface area contributed by atoms with Crippen molar-refractivity contribution in [1.29, 1.82) is 0 Å². The molecular weight excluding hydrogens is 370 g/mol. The summed E-state index contributed by atoms with van der Waals surface area (Å²) in [6.45, 7) is 3.48.